The number of rotatable bonds is 6. The monoisotopic (exact) mass is 371 g/mol. The molecule has 0 radical (unpaired) electrons. The van der Waals surface area contributed by atoms with Crippen LogP contribution in [-0.4, -0.2) is 35.9 Å². The molecule has 1 fully saturated rings. The van der Waals surface area contributed by atoms with Crippen LogP contribution in [0, 0.1) is 0 Å². The molecule has 1 saturated carbocycles. The van der Waals surface area contributed by atoms with Crippen molar-refractivity contribution in [3.63, 3.8) is 0 Å². The second-order valence-corrected chi connectivity index (χ2v) is 7.55. The quantitative estimate of drug-likeness (QED) is 0.634. The van der Waals surface area contributed by atoms with Crippen LogP contribution in [-0.2, 0) is 6.54 Å². The summed E-state index contributed by atoms with van der Waals surface area (Å²) in [7, 11) is 4.07. The Morgan fingerprint density at radius 3 is 2.43 bits per heavy atom. The Labute approximate surface area is 166 Å². The Kier molecular flexibility index (Phi) is 5.11. The highest BCUT2D eigenvalue weighted by atomic mass is 16.2. The van der Waals surface area contributed by atoms with E-state index in [0.717, 1.165) is 40.8 Å². The first-order valence-electron chi connectivity index (χ1n) is 9.69. The summed E-state index contributed by atoms with van der Waals surface area (Å²) in [5.41, 5.74) is 5.24. The number of pyridine rings is 1. The van der Waals surface area contributed by atoms with Gasteiger partial charge in [-0.2, -0.15) is 0 Å². The minimum Gasteiger partial charge on any atom is -0.378 e. The summed E-state index contributed by atoms with van der Waals surface area (Å²) in [5.74, 6) is 0.0972. The van der Waals surface area contributed by atoms with E-state index in [1.165, 1.54) is 0 Å². The molecule has 4 nitrogen and oxygen atoms in total. The van der Waals surface area contributed by atoms with Crippen molar-refractivity contribution in [3.05, 3.63) is 84.2 Å². The average Bonchev–Trinajstić information content (AvgIpc) is 3.58. The van der Waals surface area contributed by atoms with E-state index >= 15 is 0 Å². The lowest BCUT2D eigenvalue weighted by Gasteiger charge is -2.22. The highest BCUT2D eigenvalue weighted by molar-refractivity contribution is 5.95. The lowest BCUT2D eigenvalue weighted by atomic mass is 10.0. The number of aromatic nitrogens is 1. The topological polar surface area (TPSA) is 36.4 Å². The molecule has 0 bridgehead atoms. The van der Waals surface area contributed by atoms with Crippen LogP contribution in [0.4, 0.5) is 5.69 Å². The third-order valence-corrected chi connectivity index (χ3v) is 5.15. The SMILES string of the molecule is CN(C)c1cccc(-c2ccc(C(=O)N(Cc3cccnc3)C3CC3)cc2)c1. The summed E-state index contributed by atoms with van der Waals surface area (Å²) >= 11 is 0. The fraction of sp³-hybridized carbons (Fsp3) is 0.250. The largest absolute Gasteiger partial charge is 0.378 e. The smallest absolute Gasteiger partial charge is 0.254 e. The van der Waals surface area contributed by atoms with Crippen LogP contribution in [0.2, 0.25) is 0 Å². The predicted molar refractivity (Wildman–Crippen MR) is 113 cm³/mol. The van der Waals surface area contributed by atoms with Crippen molar-refractivity contribution in [2.24, 2.45) is 0 Å². The molecule has 3 aromatic rings. The zero-order valence-electron chi connectivity index (χ0n) is 16.4. The zero-order valence-corrected chi connectivity index (χ0v) is 16.4. The van der Waals surface area contributed by atoms with Gasteiger partial charge in [0.2, 0.25) is 0 Å². The Morgan fingerprint density at radius 2 is 1.79 bits per heavy atom. The molecule has 142 valence electrons. The fourth-order valence-electron chi connectivity index (χ4n) is 3.38. The van der Waals surface area contributed by atoms with Gasteiger partial charge in [0.05, 0.1) is 0 Å². The Balaban J connectivity index is 1.54. The minimum atomic E-state index is 0.0972. The van der Waals surface area contributed by atoms with Crippen molar-refractivity contribution in [2.75, 3.05) is 19.0 Å². The summed E-state index contributed by atoms with van der Waals surface area (Å²) in [4.78, 5) is 21.4. The molecule has 0 unspecified atom stereocenters. The summed E-state index contributed by atoms with van der Waals surface area (Å²) in [6, 6.07) is 20.7. The van der Waals surface area contributed by atoms with Gasteiger partial charge in [0, 0.05) is 50.3 Å². The Bertz CT molecular complexity index is 947. The summed E-state index contributed by atoms with van der Waals surface area (Å²) in [6.45, 7) is 0.615. The molecule has 1 aliphatic rings. The van der Waals surface area contributed by atoms with Gasteiger partial charge in [-0.05, 0) is 59.9 Å². The van der Waals surface area contributed by atoms with E-state index in [4.69, 9.17) is 0 Å². The molecule has 0 spiro atoms. The Morgan fingerprint density at radius 1 is 1.00 bits per heavy atom. The molecule has 0 atom stereocenters. The van der Waals surface area contributed by atoms with E-state index in [0.29, 0.717) is 12.6 Å². The molecule has 4 heteroatoms. The number of amides is 1. The van der Waals surface area contributed by atoms with Gasteiger partial charge in [-0.25, -0.2) is 0 Å². The van der Waals surface area contributed by atoms with Crippen molar-refractivity contribution in [1.82, 2.24) is 9.88 Å². The van der Waals surface area contributed by atoms with E-state index < -0.39 is 0 Å². The van der Waals surface area contributed by atoms with E-state index in [1.807, 2.05) is 61.6 Å². The van der Waals surface area contributed by atoms with Gasteiger partial charge < -0.3 is 9.80 Å². The van der Waals surface area contributed by atoms with Gasteiger partial charge in [0.15, 0.2) is 0 Å². The van der Waals surface area contributed by atoms with Gasteiger partial charge in [0.1, 0.15) is 0 Å². The highest BCUT2D eigenvalue weighted by Gasteiger charge is 2.33. The molecule has 2 aromatic carbocycles. The van der Waals surface area contributed by atoms with Crippen LogP contribution in [0.3, 0.4) is 0 Å². The van der Waals surface area contributed by atoms with E-state index in [1.54, 1.807) is 6.20 Å². The van der Waals surface area contributed by atoms with Crippen LogP contribution in [0.1, 0.15) is 28.8 Å². The third-order valence-electron chi connectivity index (χ3n) is 5.15. The number of hydrogen-bond acceptors (Lipinski definition) is 3. The van der Waals surface area contributed by atoms with E-state index in [2.05, 4.69) is 34.1 Å². The fourth-order valence-corrected chi connectivity index (χ4v) is 3.38. The van der Waals surface area contributed by atoms with Gasteiger partial charge in [-0.3, -0.25) is 9.78 Å². The van der Waals surface area contributed by atoms with E-state index in [-0.39, 0.29) is 5.91 Å². The van der Waals surface area contributed by atoms with Gasteiger partial charge >= 0.3 is 0 Å². The Hall–Kier alpha value is -3.14. The molecule has 0 aliphatic heterocycles. The standard InChI is InChI=1S/C24H25N3O/c1-26(2)23-7-3-6-21(15-23)19-8-10-20(11-9-19)24(28)27(22-12-13-22)17-18-5-4-14-25-16-18/h3-11,14-16,22H,12-13,17H2,1-2H3. The molecule has 0 N–H and O–H groups in total. The maximum Gasteiger partial charge on any atom is 0.254 e. The molecular formula is C24H25N3O. The van der Waals surface area contributed by atoms with Crippen molar-refractivity contribution in [2.45, 2.75) is 25.4 Å². The van der Waals surface area contributed by atoms with Gasteiger partial charge in [-0.15, -0.1) is 0 Å². The molecule has 1 aromatic heterocycles. The molecule has 1 heterocycles. The average molecular weight is 371 g/mol. The first kappa shape index (κ1) is 18.2. The predicted octanol–water partition coefficient (Wildman–Crippen LogP) is 4.62. The van der Waals surface area contributed by atoms with Crippen molar-refractivity contribution in [1.29, 1.82) is 0 Å². The maximum absolute atomic E-state index is 13.1. The number of carbonyl (C=O) groups is 1. The van der Waals surface area contributed by atoms with Crippen LogP contribution in [0.5, 0.6) is 0 Å². The number of hydrogen-bond donors (Lipinski definition) is 0. The highest BCUT2D eigenvalue weighted by Crippen LogP contribution is 2.30. The normalized spacial score (nSPS) is 13.2. The number of anilines is 1. The summed E-state index contributed by atoms with van der Waals surface area (Å²) in [5, 5.41) is 0. The summed E-state index contributed by atoms with van der Waals surface area (Å²) < 4.78 is 0. The zero-order chi connectivity index (χ0) is 19.5. The van der Waals surface area contributed by atoms with Crippen LogP contribution in [0.25, 0.3) is 11.1 Å². The third kappa shape index (κ3) is 4.06. The van der Waals surface area contributed by atoms with Crippen LogP contribution in [0.15, 0.2) is 73.1 Å². The molecule has 28 heavy (non-hydrogen) atoms. The first-order chi connectivity index (χ1) is 13.6. The van der Waals surface area contributed by atoms with Gasteiger partial charge in [-0.1, -0.05) is 30.3 Å². The molecular weight excluding hydrogens is 346 g/mol. The molecule has 1 amide bonds. The maximum atomic E-state index is 13.1. The lowest BCUT2D eigenvalue weighted by Crippen LogP contribution is -2.32. The minimum absolute atomic E-state index is 0.0972. The number of benzene rings is 2. The lowest BCUT2D eigenvalue weighted by molar-refractivity contribution is 0.0730. The molecule has 1 aliphatic carbocycles. The number of carbonyl (C=O) groups excluding carboxylic acids is 1. The van der Waals surface area contributed by atoms with Crippen LogP contribution >= 0.6 is 0 Å². The first-order valence-corrected chi connectivity index (χ1v) is 9.69. The molecule has 4 rings (SSSR count). The van der Waals surface area contributed by atoms with E-state index in [9.17, 15) is 4.79 Å². The second-order valence-electron chi connectivity index (χ2n) is 7.55. The van der Waals surface area contributed by atoms with Crippen LogP contribution < -0.4 is 4.90 Å². The number of nitrogens with zero attached hydrogens (tertiary/aromatic N) is 3. The second kappa shape index (κ2) is 7.85. The van der Waals surface area contributed by atoms with Crippen molar-refractivity contribution >= 4 is 11.6 Å². The summed E-state index contributed by atoms with van der Waals surface area (Å²) in [6.07, 6.45) is 5.77. The van der Waals surface area contributed by atoms with Gasteiger partial charge in [0.25, 0.3) is 5.91 Å². The van der Waals surface area contributed by atoms with Crippen molar-refractivity contribution in [3.8, 4) is 11.1 Å². The molecule has 0 saturated heterocycles. The van der Waals surface area contributed by atoms with Crippen molar-refractivity contribution < 1.29 is 4.79 Å².